The van der Waals surface area contributed by atoms with Crippen molar-refractivity contribution in [2.24, 2.45) is 0 Å². The van der Waals surface area contributed by atoms with E-state index in [1.54, 1.807) is 38.4 Å². The van der Waals surface area contributed by atoms with Gasteiger partial charge in [0.25, 0.3) is 5.91 Å². The summed E-state index contributed by atoms with van der Waals surface area (Å²) in [5.41, 5.74) is 0.508. The summed E-state index contributed by atoms with van der Waals surface area (Å²) in [6.07, 6.45) is -1.28. The lowest BCUT2D eigenvalue weighted by Gasteiger charge is -2.06. The van der Waals surface area contributed by atoms with Crippen molar-refractivity contribution in [3.63, 3.8) is 0 Å². The van der Waals surface area contributed by atoms with E-state index in [-0.39, 0.29) is 11.7 Å². The number of rotatable bonds is 3. The number of ketones is 1. The summed E-state index contributed by atoms with van der Waals surface area (Å²) in [6, 6.07) is 6.53. The largest absolute Gasteiger partial charge is 0.350 e. The van der Waals surface area contributed by atoms with Gasteiger partial charge in [0.15, 0.2) is 18.0 Å². The van der Waals surface area contributed by atoms with Crippen molar-refractivity contribution < 1.29 is 14.3 Å². The predicted molar refractivity (Wildman–Crippen MR) is 63.1 cm³/mol. The molecule has 1 fully saturated rings. The molecule has 1 aromatic carbocycles. The van der Waals surface area contributed by atoms with Crippen molar-refractivity contribution in [3.05, 3.63) is 34.9 Å². The fourth-order valence-electron chi connectivity index (χ4n) is 1.53. The first-order valence-corrected chi connectivity index (χ1v) is 5.55. The number of hydrogen-bond donors (Lipinski definition) is 0. The first-order valence-electron chi connectivity index (χ1n) is 5.17. The van der Waals surface area contributed by atoms with E-state index in [9.17, 15) is 9.59 Å². The van der Waals surface area contributed by atoms with Crippen LogP contribution < -0.4 is 0 Å². The molecule has 5 heteroatoms. The molecule has 2 atom stereocenters. The quantitative estimate of drug-likeness (QED) is 0.604. The third-order valence-electron chi connectivity index (χ3n) is 2.56. The van der Waals surface area contributed by atoms with E-state index < -0.39 is 12.2 Å². The third kappa shape index (κ3) is 2.48. The highest BCUT2D eigenvalue weighted by atomic mass is 35.5. The maximum absolute atomic E-state index is 11.9. The second-order valence-electron chi connectivity index (χ2n) is 4.08. The van der Waals surface area contributed by atoms with Crippen molar-refractivity contribution in [1.29, 1.82) is 0 Å². The molecule has 1 aromatic rings. The lowest BCUT2D eigenvalue weighted by molar-refractivity contribution is -0.129. The van der Waals surface area contributed by atoms with Crippen LogP contribution in [0.4, 0.5) is 0 Å². The molecule has 1 saturated heterocycles. The summed E-state index contributed by atoms with van der Waals surface area (Å²) in [7, 11) is 3.27. The van der Waals surface area contributed by atoms with Crippen LogP contribution in [0.25, 0.3) is 0 Å². The van der Waals surface area contributed by atoms with E-state index in [0.717, 1.165) is 0 Å². The molecule has 1 amide bonds. The highest BCUT2D eigenvalue weighted by molar-refractivity contribution is 6.30. The summed E-state index contributed by atoms with van der Waals surface area (Å²) < 4.78 is 5.11. The molecule has 90 valence electrons. The number of carbonyl (C=O) groups excluding carboxylic acids is 2. The summed E-state index contributed by atoms with van der Waals surface area (Å²) in [5.74, 6) is -0.362. The van der Waals surface area contributed by atoms with Gasteiger partial charge in [-0.1, -0.05) is 11.6 Å². The Morgan fingerprint density at radius 1 is 1.18 bits per heavy atom. The molecule has 0 radical (unpaired) electrons. The summed E-state index contributed by atoms with van der Waals surface area (Å²) in [6.45, 7) is 0. The van der Waals surface area contributed by atoms with Crippen LogP contribution in [0, 0.1) is 0 Å². The van der Waals surface area contributed by atoms with E-state index in [0.29, 0.717) is 10.6 Å². The predicted octanol–water partition coefficient (Wildman–Crippen LogP) is 1.38. The van der Waals surface area contributed by atoms with Crippen molar-refractivity contribution in [2.75, 3.05) is 14.1 Å². The number of halogens is 1. The Morgan fingerprint density at radius 2 is 1.76 bits per heavy atom. The molecule has 1 heterocycles. The van der Waals surface area contributed by atoms with Crippen LogP contribution in [0.5, 0.6) is 0 Å². The topological polar surface area (TPSA) is 49.9 Å². The van der Waals surface area contributed by atoms with Gasteiger partial charge in [0.1, 0.15) is 0 Å². The van der Waals surface area contributed by atoms with Crippen molar-refractivity contribution in [3.8, 4) is 0 Å². The minimum absolute atomic E-state index is 0.179. The summed E-state index contributed by atoms with van der Waals surface area (Å²) >= 11 is 5.73. The Bertz CT molecular complexity index is 455. The maximum atomic E-state index is 11.9. The van der Waals surface area contributed by atoms with Crippen LogP contribution >= 0.6 is 11.6 Å². The summed E-state index contributed by atoms with van der Waals surface area (Å²) in [4.78, 5) is 24.9. The molecule has 0 aromatic heterocycles. The molecule has 0 aliphatic carbocycles. The number of hydrogen-bond acceptors (Lipinski definition) is 3. The molecule has 4 nitrogen and oxygen atoms in total. The number of nitrogens with zero attached hydrogens (tertiary/aromatic N) is 1. The van der Waals surface area contributed by atoms with Crippen LogP contribution in [-0.2, 0) is 9.53 Å². The zero-order valence-electron chi connectivity index (χ0n) is 9.51. The first-order chi connectivity index (χ1) is 8.00. The van der Waals surface area contributed by atoms with E-state index in [4.69, 9.17) is 16.3 Å². The average molecular weight is 254 g/mol. The summed E-state index contributed by atoms with van der Waals surface area (Å²) in [5, 5.41) is 0.569. The Kier molecular flexibility index (Phi) is 3.17. The molecular formula is C12H12ClNO3. The first kappa shape index (κ1) is 12.1. The highest BCUT2D eigenvalue weighted by Crippen LogP contribution is 2.27. The molecule has 17 heavy (non-hydrogen) atoms. The Labute approximate surface area is 104 Å². The number of carbonyl (C=O) groups is 2. The average Bonchev–Trinajstić information content (AvgIpc) is 3.08. The number of epoxide rings is 1. The fraction of sp³-hybridized carbons (Fsp3) is 0.333. The van der Waals surface area contributed by atoms with Crippen LogP contribution in [-0.4, -0.2) is 42.9 Å². The molecule has 0 saturated carbocycles. The Balaban J connectivity index is 2.04. The van der Waals surface area contributed by atoms with E-state index in [1.807, 2.05) is 0 Å². The van der Waals surface area contributed by atoms with Gasteiger partial charge in [-0.3, -0.25) is 9.59 Å². The standard InChI is InChI=1S/C12H12ClNO3/c1-14(2)12(16)11-10(17-11)9(15)7-3-5-8(13)6-4-7/h3-6,10-11H,1-2H3. The maximum Gasteiger partial charge on any atom is 0.254 e. The van der Waals surface area contributed by atoms with Gasteiger partial charge in [0, 0.05) is 24.7 Å². The van der Waals surface area contributed by atoms with Gasteiger partial charge in [0.2, 0.25) is 0 Å². The Hall–Kier alpha value is -1.39. The number of ether oxygens (including phenoxy) is 1. The van der Waals surface area contributed by atoms with E-state index in [1.165, 1.54) is 4.90 Å². The van der Waals surface area contributed by atoms with Gasteiger partial charge in [-0.2, -0.15) is 0 Å². The van der Waals surface area contributed by atoms with Gasteiger partial charge in [-0.15, -0.1) is 0 Å². The lowest BCUT2D eigenvalue weighted by atomic mass is 10.1. The molecule has 0 spiro atoms. The molecular weight excluding hydrogens is 242 g/mol. The van der Waals surface area contributed by atoms with Crippen molar-refractivity contribution >= 4 is 23.3 Å². The third-order valence-corrected chi connectivity index (χ3v) is 2.81. The van der Waals surface area contributed by atoms with Gasteiger partial charge in [-0.05, 0) is 24.3 Å². The zero-order valence-corrected chi connectivity index (χ0v) is 10.3. The second kappa shape index (κ2) is 4.47. The zero-order chi connectivity index (χ0) is 12.6. The van der Waals surface area contributed by atoms with Crippen LogP contribution in [0.2, 0.25) is 5.02 Å². The van der Waals surface area contributed by atoms with Crippen LogP contribution in [0.15, 0.2) is 24.3 Å². The normalized spacial score (nSPS) is 22.1. The molecule has 2 rings (SSSR count). The number of benzene rings is 1. The molecule has 1 aliphatic heterocycles. The van der Waals surface area contributed by atoms with Crippen LogP contribution in [0.3, 0.4) is 0 Å². The van der Waals surface area contributed by atoms with Crippen molar-refractivity contribution in [2.45, 2.75) is 12.2 Å². The van der Waals surface area contributed by atoms with Gasteiger partial charge in [-0.25, -0.2) is 0 Å². The lowest BCUT2D eigenvalue weighted by Crippen LogP contribution is -2.29. The minimum Gasteiger partial charge on any atom is -0.350 e. The van der Waals surface area contributed by atoms with E-state index >= 15 is 0 Å². The molecule has 1 aliphatic rings. The van der Waals surface area contributed by atoms with Gasteiger partial charge in [0.05, 0.1) is 0 Å². The molecule has 0 bridgehead atoms. The van der Waals surface area contributed by atoms with Crippen LogP contribution in [0.1, 0.15) is 10.4 Å². The van der Waals surface area contributed by atoms with Gasteiger partial charge >= 0.3 is 0 Å². The monoisotopic (exact) mass is 253 g/mol. The smallest absolute Gasteiger partial charge is 0.254 e. The Morgan fingerprint density at radius 3 is 2.29 bits per heavy atom. The second-order valence-corrected chi connectivity index (χ2v) is 4.52. The van der Waals surface area contributed by atoms with Gasteiger partial charge < -0.3 is 9.64 Å². The SMILES string of the molecule is CN(C)C(=O)C1OC1C(=O)c1ccc(Cl)cc1. The molecule has 0 N–H and O–H groups in total. The van der Waals surface area contributed by atoms with E-state index in [2.05, 4.69) is 0 Å². The minimum atomic E-state index is -0.647. The number of likely N-dealkylation sites (N-methyl/N-ethyl adjacent to an activating group) is 1. The molecule has 2 unspecified atom stereocenters. The highest BCUT2D eigenvalue weighted by Gasteiger charge is 2.50. The number of Topliss-reactive ketones (excluding diaryl/α,β-unsaturated/α-hetero) is 1. The number of amides is 1. The fourth-order valence-corrected chi connectivity index (χ4v) is 1.66. The van der Waals surface area contributed by atoms with Crippen molar-refractivity contribution in [1.82, 2.24) is 4.90 Å².